The van der Waals surface area contributed by atoms with Gasteiger partial charge < -0.3 is 69.3 Å². The molecular formula is C61H74BrN3O13SSi. The van der Waals surface area contributed by atoms with Crippen LogP contribution < -0.4 is 21.4 Å². The highest BCUT2D eigenvalue weighted by molar-refractivity contribution is 9.10. The van der Waals surface area contributed by atoms with Crippen molar-refractivity contribution in [3.8, 4) is 0 Å². The fourth-order valence-electron chi connectivity index (χ4n) is 11.2. The highest BCUT2D eigenvalue weighted by Gasteiger charge is 2.57. The second kappa shape index (κ2) is 25.8. The Balaban J connectivity index is 1.12. The summed E-state index contributed by atoms with van der Waals surface area (Å²) < 4.78 is 47.9. The number of benzene rings is 5. The number of aromatic nitrogens is 1. The van der Waals surface area contributed by atoms with Gasteiger partial charge in [0.2, 0.25) is 0 Å². The van der Waals surface area contributed by atoms with Crippen molar-refractivity contribution >= 4 is 69.2 Å². The molecule has 4 heterocycles. The Morgan fingerprint density at radius 3 is 2.08 bits per heavy atom. The zero-order valence-electron chi connectivity index (χ0n) is 45.7. The van der Waals surface area contributed by atoms with Gasteiger partial charge in [-0.2, -0.15) is 0 Å². The van der Waals surface area contributed by atoms with Gasteiger partial charge in [0.1, 0.15) is 48.2 Å². The fourth-order valence-corrected chi connectivity index (χ4v) is 17.3. The number of amides is 1. The number of rotatable bonds is 20. The van der Waals surface area contributed by atoms with Gasteiger partial charge in [0, 0.05) is 70.2 Å². The number of aliphatic hydroxyl groups excluding tert-OH is 2. The number of carbonyl (C=O) groups excluding carboxylic acids is 2. The van der Waals surface area contributed by atoms with Crippen molar-refractivity contribution in [2.24, 2.45) is 11.7 Å². The summed E-state index contributed by atoms with van der Waals surface area (Å²) in [4.78, 5) is 31.2. The maximum Gasteiger partial charge on any atom is 0.306 e. The number of thioether (sulfide) groups is 1. The van der Waals surface area contributed by atoms with Crippen molar-refractivity contribution in [3.05, 3.63) is 161 Å². The number of H-pyrrole nitrogens is 1. The molecule has 12 atom stereocenters. The summed E-state index contributed by atoms with van der Waals surface area (Å²) >= 11 is 5.09. The number of esters is 1. The third-order valence-corrected chi connectivity index (χ3v) is 21.8. The van der Waals surface area contributed by atoms with Crippen molar-refractivity contribution < 1.29 is 62.9 Å². The lowest BCUT2D eigenvalue weighted by molar-refractivity contribution is -0.352. The smallest absolute Gasteiger partial charge is 0.306 e. The van der Waals surface area contributed by atoms with Crippen LogP contribution >= 0.6 is 27.7 Å². The molecule has 3 fully saturated rings. The molecule has 0 saturated carbocycles. The van der Waals surface area contributed by atoms with Crippen LogP contribution in [0.25, 0.3) is 10.9 Å². The topological polar surface area (TPSA) is 234 Å². The van der Waals surface area contributed by atoms with Crippen LogP contribution in [0, 0.1) is 5.92 Å². The first kappa shape index (κ1) is 59.8. The van der Waals surface area contributed by atoms with E-state index in [-0.39, 0.29) is 44.0 Å². The number of carbonyl (C=O) groups is 2. The molecule has 19 heteroatoms. The quantitative estimate of drug-likeness (QED) is 0.0230. The molecule has 1 aromatic heterocycles. The normalized spacial score (nSPS) is 28.4. The summed E-state index contributed by atoms with van der Waals surface area (Å²) in [7, 11) is -3.35. The third-order valence-electron chi connectivity index (χ3n) is 15.2. The Morgan fingerprint density at radius 2 is 1.44 bits per heavy atom. The van der Waals surface area contributed by atoms with E-state index in [1.54, 1.807) is 30.3 Å². The van der Waals surface area contributed by atoms with Crippen LogP contribution in [0.2, 0.25) is 5.04 Å². The summed E-state index contributed by atoms with van der Waals surface area (Å²) in [5.41, 5.74) is 3.60. The van der Waals surface area contributed by atoms with Crippen molar-refractivity contribution in [2.45, 2.75) is 149 Å². The molecule has 1 amide bonds. The SMILES string of the molecule is CC(C)CC(=O)OC[C@H]1O[C@H](O[C@H]2[C@@H](CO[Si](c3ccccc3)(c3ccccc3)C(C)(C)C)O[C@H](OC[C@H]3O[C@H](Sc4ccccc4)C[C@@H](N)[C@H]3O)C[C@]2(O)Cc2c[nH]c3cc(Br)ccc23)C[C@](O)(NC(=O)c2ccccc2)[C@H]1O. The largest absolute Gasteiger partial charge is 0.463 e. The highest BCUT2D eigenvalue weighted by Crippen LogP contribution is 2.43. The molecular weight excluding hydrogens is 1120 g/mol. The predicted molar refractivity (Wildman–Crippen MR) is 310 cm³/mol. The van der Waals surface area contributed by atoms with Gasteiger partial charge in [0.25, 0.3) is 14.2 Å². The van der Waals surface area contributed by atoms with Crippen LogP contribution in [-0.2, 0) is 44.1 Å². The first-order valence-electron chi connectivity index (χ1n) is 27.3. The van der Waals surface area contributed by atoms with E-state index in [1.165, 1.54) is 11.8 Å². The van der Waals surface area contributed by atoms with Gasteiger partial charge in [0.05, 0.1) is 19.3 Å². The van der Waals surface area contributed by atoms with Gasteiger partial charge in [-0.15, -0.1) is 0 Å². The minimum Gasteiger partial charge on any atom is -0.463 e. The Morgan fingerprint density at radius 1 is 0.812 bits per heavy atom. The van der Waals surface area contributed by atoms with Crippen LogP contribution in [0.1, 0.15) is 76.2 Å². The van der Waals surface area contributed by atoms with Gasteiger partial charge in [0.15, 0.2) is 18.3 Å². The fraction of sp³-hybridized carbons (Fsp3) is 0.443. The Kier molecular flexibility index (Phi) is 19.3. The Hall–Kier alpha value is -4.81. The monoisotopic (exact) mass is 1200 g/mol. The van der Waals surface area contributed by atoms with E-state index in [9.17, 15) is 30.0 Å². The number of aliphatic hydroxyl groups is 4. The van der Waals surface area contributed by atoms with E-state index in [1.807, 2.05) is 105 Å². The zero-order chi connectivity index (χ0) is 56.8. The second-order valence-corrected chi connectivity index (χ2v) is 29.1. The van der Waals surface area contributed by atoms with E-state index in [0.29, 0.717) is 6.42 Å². The van der Waals surface area contributed by atoms with E-state index >= 15 is 0 Å². The van der Waals surface area contributed by atoms with Crippen molar-refractivity contribution in [1.29, 1.82) is 0 Å². The molecule has 3 aliphatic heterocycles. The number of nitrogens with two attached hydrogens (primary N) is 1. The second-order valence-electron chi connectivity index (χ2n) is 22.7. The number of fused-ring (bicyclic) bond motifs is 1. The molecule has 0 unspecified atom stereocenters. The standard InChI is InChI=1S/C61H74BrN3O13SSi/c1-38(2)28-51(66)72-36-49-56(68)61(71,65-58(69)39-18-10-6-11-19-39)33-53(75-49)78-57-50(37-74-80(59(3,4)5,43-22-14-8-15-23-43)44-24-16-9-17-25-44)76-52(32-60(57,70)31-40-34-64-47-29-41(62)26-27-45(40)47)73-35-48-55(67)46(63)30-54(77-48)79-42-20-12-7-13-21-42/h6-27,29,34,38,46,48-50,52-57,64,67-68,70-71H,28,30-33,35-37,63H2,1-5H3,(H,65,69)/t46-,48-,49-,50-,52+,53-,54-,55-,56+,57+,60-,61-/m1/s1. The first-order valence-corrected chi connectivity index (χ1v) is 30.9. The van der Waals surface area contributed by atoms with Gasteiger partial charge in [-0.1, -0.05) is 165 Å². The maximum absolute atomic E-state index is 13.9. The summed E-state index contributed by atoms with van der Waals surface area (Å²) in [5.74, 6) is -1.28. The minimum absolute atomic E-state index is 0.0373. The van der Waals surface area contributed by atoms with Crippen LogP contribution in [0.3, 0.4) is 0 Å². The molecule has 5 aromatic carbocycles. The molecule has 3 aliphatic rings. The van der Waals surface area contributed by atoms with Gasteiger partial charge in [-0.05, 0) is 63.3 Å². The number of aromatic amines is 1. The average molecular weight is 1200 g/mol. The number of nitrogens with one attached hydrogen (secondary N) is 2. The van der Waals surface area contributed by atoms with Gasteiger partial charge in [-0.3, -0.25) is 9.59 Å². The number of halogens is 1. The Labute approximate surface area is 481 Å². The summed E-state index contributed by atoms with van der Waals surface area (Å²) in [6.07, 6.45) is -8.89. The van der Waals surface area contributed by atoms with E-state index in [2.05, 4.69) is 71.3 Å². The molecule has 6 aromatic rings. The summed E-state index contributed by atoms with van der Waals surface area (Å²) in [6.45, 7) is 9.33. The lowest BCUT2D eigenvalue weighted by atomic mass is 9.81. The molecule has 0 bridgehead atoms. The molecule has 0 aliphatic carbocycles. The molecule has 428 valence electrons. The van der Waals surface area contributed by atoms with Gasteiger partial charge in [-0.25, -0.2) is 0 Å². The van der Waals surface area contributed by atoms with Crippen LogP contribution in [0.4, 0.5) is 0 Å². The molecule has 0 radical (unpaired) electrons. The van der Waals surface area contributed by atoms with Crippen molar-refractivity contribution in [1.82, 2.24) is 10.3 Å². The number of hydrogen-bond acceptors (Lipinski definition) is 15. The molecule has 80 heavy (non-hydrogen) atoms. The highest BCUT2D eigenvalue weighted by atomic mass is 79.9. The van der Waals surface area contributed by atoms with Crippen molar-refractivity contribution in [2.75, 3.05) is 19.8 Å². The summed E-state index contributed by atoms with van der Waals surface area (Å²) in [6, 6.07) is 43.3. The predicted octanol–water partition coefficient (Wildman–Crippen LogP) is 7.08. The number of ether oxygens (including phenoxy) is 6. The van der Waals surface area contributed by atoms with Crippen LogP contribution in [0.15, 0.2) is 155 Å². The zero-order valence-corrected chi connectivity index (χ0v) is 49.1. The molecule has 8 N–H and O–H groups in total. The first-order chi connectivity index (χ1) is 38.2. The lowest BCUT2D eigenvalue weighted by Gasteiger charge is -2.51. The molecule has 3 saturated heterocycles. The van der Waals surface area contributed by atoms with E-state index < -0.39 is 110 Å². The summed E-state index contributed by atoms with van der Waals surface area (Å²) in [5, 5.41) is 54.9. The molecule has 16 nitrogen and oxygen atoms in total. The van der Waals surface area contributed by atoms with Gasteiger partial charge >= 0.3 is 5.97 Å². The third kappa shape index (κ3) is 13.8. The average Bonchev–Trinajstić information content (AvgIpc) is 3.81. The van der Waals surface area contributed by atoms with E-state index in [0.717, 1.165) is 36.2 Å². The molecule has 0 spiro atoms. The van der Waals surface area contributed by atoms with Crippen LogP contribution in [0.5, 0.6) is 0 Å². The lowest BCUT2D eigenvalue weighted by Crippen LogP contribution is -2.70. The molecule has 9 rings (SSSR count). The number of hydrogen-bond donors (Lipinski definition) is 7. The minimum atomic E-state index is -3.35. The maximum atomic E-state index is 13.9. The van der Waals surface area contributed by atoms with E-state index in [4.69, 9.17) is 38.6 Å². The van der Waals surface area contributed by atoms with Crippen molar-refractivity contribution in [3.63, 3.8) is 0 Å². The Bertz CT molecular complexity index is 2940. The van der Waals surface area contributed by atoms with Crippen LogP contribution in [-0.4, -0.2) is 137 Å².